The topological polar surface area (TPSA) is 3.88 Å². The minimum Gasteiger partial charge on any atom is -0.206 e. The highest BCUT2D eigenvalue weighted by molar-refractivity contribution is 5.95. The van der Waals surface area contributed by atoms with Crippen LogP contribution in [0, 0.1) is 33.5 Å². The van der Waals surface area contributed by atoms with E-state index >= 15 is 0 Å². The number of nitrogens with zero attached hydrogens (tertiary/aromatic N) is 1. The Labute approximate surface area is 131 Å². The Balaban J connectivity index is 2.51. The molecular formula is C20H21FN+. The number of pyridine rings is 1. The first-order chi connectivity index (χ1) is 10.4. The van der Waals surface area contributed by atoms with Crippen LogP contribution in [0.1, 0.15) is 22.3 Å². The number of hydrogen-bond acceptors (Lipinski definition) is 0. The van der Waals surface area contributed by atoms with Crippen LogP contribution in [0.5, 0.6) is 0 Å². The summed E-state index contributed by atoms with van der Waals surface area (Å²) in [5, 5.41) is 2.27. The molecule has 112 valence electrons. The van der Waals surface area contributed by atoms with E-state index in [1.807, 2.05) is 50.7 Å². The highest BCUT2D eigenvalue weighted by Gasteiger charge is 2.23. The fraction of sp³-hybridized carbons (Fsp3) is 0.250. The van der Waals surface area contributed by atoms with Gasteiger partial charge >= 0.3 is 0 Å². The molecule has 0 N–H and O–H groups in total. The molecule has 0 fully saturated rings. The maximum absolute atomic E-state index is 14.9. The average molecular weight is 294 g/mol. The summed E-state index contributed by atoms with van der Waals surface area (Å²) in [5.74, 6) is -0.118. The van der Waals surface area contributed by atoms with E-state index in [-0.39, 0.29) is 5.82 Å². The lowest BCUT2D eigenvalue weighted by Crippen LogP contribution is -2.31. The van der Waals surface area contributed by atoms with Crippen molar-refractivity contribution in [1.82, 2.24) is 0 Å². The Morgan fingerprint density at radius 1 is 0.864 bits per heavy atom. The number of fused-ring (bicyclic) bond motifs is 1. The van der Waals surface area contributed by atoms with Gasteiger partial charge in [0.15, 0.2) is 6.20 Å². The van der Waals surface area contributed by atoms with Crippen LogP contribution in [-0.4, -0.2) is 0 Å². The van der Waals surface area contributed by atoms with Crippen molar-refractivity contribution in [3.05, 3.63) is 64.6 Å². The third kappa shape index (κ3) is 2.10. The van der Waals surface area contributed by atoms with Crippen molar-refractivity contribution in [2.24, 2.45) is 7.05 Å². The molecule has 0 bridgehead atoms. The third-order valence-corrected chi connectivity index (χ3v) is 4.60. The van der Waals surface area contributed by atoms with E-state index in [1.165, 1.54) is 10.9 Å². The van der Waals surface area contributed by atoms with Gasteiger partial charge in [0, 0.05) is 6.07 Å². The summed E-state index contributed by atoms with van der Waals surface area (Å²) in [7, 11) is 1.98. The third-order valence-electron chi connectivity index (χ3n) is 4.60. The van der Waals surface area contributed by atoms with E-state index < -0.39 is 0 Å². The number of rotatable bonds is 1. The molecular weight excluding hydrogens is 273 g/mol. The molecule has 1 aromatic heterocycles. The summed E-state index contributed by atoms with van der Waals surface area (Å²) >= 11 is 0. The molecule has 1 heterocycles. The molecule has 0 spiro atoms. The van der Waals surface area contributed by atoms with Gasteiger partial charge in [-0.2, -0.15) is 0 Å². The number of aryl methyl sites for hydroxylation is 4. The Morgan fingerprint density at radius 2 is 1.59 bits per heavy atom. The van der Waals surface area contributed by atoms with E-state index in [9.17, 15) is 4.39 Å². The standard InChI is InChI=1S/C20H21FN/c1-12-7-6-8-17-16(12)9-10-22(5)20(17)18-15(4)13(2)11-14(3)19(18)21/h6-11H,1-5H3/q+1. The highest BCUT2D eigenvalue weighted by atomic mass is 19.1. The first-order valence-corrected chi connectivity index (χ1v) is 7.56. The molecule has 3 rings (SSSR count). The Morgan fingerprint density at radius 3 is 2.32 bits per heavy atom. The second-order valence-electron chi connectivity index (χ2n) is 6.14. The van der Waals surface area contributed by atoms with Gasteiger partial charge in [0.2, 0.25) is 5.69 Å². The van der Waals surface area contributed by atoms with Crippen molar-refractivity contribution < 1.29 is 8.96 Å². The van der Waals surface area contributed by atoms with Gasteiger partial charge < -0.3 is 0 Å². The largest absolute Gasteiger partial charge is 0.223 e. The minimum atomic E-state index is -0.118. The van der Waals surface area contributed by atoms with Crippen LogP contribution in [0.25, 0.3) is 22.0 Å². The van der Waals surface area contributed by atoms with Crippen LogP contribution in [0.15, 0.2) is 36.5 Å². The molecule has 0 amide bonds. The summed E-state index contributed by atoms with van der Waals surface area (Å²) < 4.78 is 16.9. The number of halogens is 1. The van der Waals surface area contributed by atoms with Gasteiger partial charge in [-0.1, -0.05) is 18.2 Å². The molecule has 0 saturated carbocycles. The fourth-order valence-electron chi connectivity index (χ4n) is 3.21. The minimum absolute atomic E-state index is 0.118. The van der Waals surface area contributed by atoms with Gasteiger partial charge in [0.05, 0.1) is 10.9 Å². The van der Waals surface area contributed by atoms with Crippen molar-refractivity contribution >= 4 is 10.8 Å². The Kier molecular flexibility index (Phi) is 3.48. The van der Waals surface area contributed by atoms with Crippen LogP contribution in [0.2, 0.25) is 0 Å². The molecule has 3 aromatic rings. The Bertz CT molecular complexity index is 868. The van der Waals surface area contributed by atoms with Crippen LogP contribution in [-0.2, 0) is 7.05 Å². The van der Waals surface area contributed by atoms with Crippen molar-refractivity contribution in [3.8, 4) is 11.3 Å². The Hall–Kier alpha value is -2.22. The summed E-state index contributed by atoms with van der Waals surface area (Å²) in [6, 6.07) is 10.2. The van der Waals surface area contributed by atoms with Gasteiger partial charge in [0.1, 0.15) is 12.9 Å². The van der Waals surface area contributed by atoms with E-state index in [4.69, 9.17) is 0 Å². The lowest BCUT2D eigenvalue weighted by Gasteiger charge is -2.13. The van der Waals surface area contributed by atoms with Gasteiger partial charge in [-0.15, -0.1) is 0 Å². The quantitative estimate of drug-likeness (QED) is 0.573. The maximum atomic E-state index is 14.9. The normalized spacial score (nSPS) is 11.2. The van der Waals surface area contributed by atoms with Gasteiger partial charge in [0.25, 0.3) is 0 Å². The number of benzene rings is 2. The van der Waals surface area contributed by atoms with Crippen molar-refractivity contribution in [3.63, 3.8) is 0 Å². The van der Waals surface area contributed by atoms with Crippen molar-refractivity contribution in [2.45, 2.75) is 27.7 Å². The molecule has 2 heteroatoms. The van der Waals surface area contributed by atoms with Crippen LogP contribution in [0.4, 0.5) is 4.39 Å². The van der Waals surface area contributed by atoms with Crippen LogP contribution in [0.3, 0.4) is 0 Å². The maximum Gasteiger partial charge on any atom is 0.223 e. The van der Waals surface area contributed by atoms with E-state index in [0.717, 1.165) is 27.8 Å². The molecule has 1 nitrogen and oxygen atoms in total. The van der Waals surface area contributed by atoms with Gasteiger partial charge in [-0.25, -0.2) is 8.96 Å². The van der Waals surface area contributed by atoms with E-state index in [0.29, 0.717) is 5.56 Å². The summed E-state index contributed by atoms with van der Waals surface area (Å²) in [5.41, 5.74) is 5.70. The summed E-state index contributed by atoms with van der Waals surface area (Å²) in [4.78, 5) is 0. The van der Waals surface area contributed by atoms with E-state index in [1.54, 1.807) is 0 Å². The SMILES string of the molecule is Cc1cc(C)c(F)c(-c2c3cccc(C)c3cc[n+]2C)c1C. The molecule has 2 aromatic carbocycles. The lowest BCUT2D eigenvalue weighted by molar-refractivity contribution is -0.659. The van der Waals surface area contributed by atoms with Crippen molar-refractivity contribution in [2.75, 3.05) is 0 Å². The van der Waals surface area contributed by atoms with Crippen LogP contribution >= 0.6 is 0 Å². The first-order valence-electron chi connectivity index (χ1n) is 7.56. The summed E-state index contributed by atoms with van der Waals surface area (Å²) in [6.45, 7) is 7.97. The molecule has 0 unspecified atom stereocenters. The zero-order valence-corrected chi connectivity index (χ0v) is 13.8. The second-order valence-corrected chi connectivity index (χ2v) is 6.14. The van der Waals surface area contributed by atoms with Gasteiger partial charge in [-0.05, 0) is 61.4 Å². The number of aromatic nitrogens is 1. The molecule has 0 aliphatic carbocycles. The molecule has 22 heavy (non-hydrogen) atoms. The molecule has 0 radical (unpaired) electrons. The molecule has 0 saturated heterocycles. The smallest absolute Gasteiger partial charge is 0.206 e. The lowest BCUT2D eigenvalue weighted by atomic mass is 9.93. The average Bonchev–Trinajstić information content (AvgIpc) is 2.48. The molecule has 0 aliphatic heterocycles. The first kappa shape index (κ1) is 14.7. The zero-order valence-electron chi connectivity index (χ0n) is 13.8. The predicted octanol–water partition coefficient (Wildman–Crippen LogP) is 4.70. The van der Waals surface area contributed by atoms with Crippen molar-refractivity contribution in [1.29, 1.82) is 0 Å². The van der Waals surface area contributed by atoms with Gasteiger partial charge in [-0.3, -0.25) is 0 Å². The fourth-order valence-corrected chi connectivity index (χ4v) is 3.21. The number of hydrogen-bond donors (Lipinski definition) is 0. The summed E-state index contributed by atoms with van der Waals surface area (Å²) in [6.07, 6.45) is 2.02. The van der Waals surface area contributed by atoms with E-state index in [2.05, 4.69) is 25.1 Å². The van der Waals surface area contributed by atoms with Crippen LogP contribution < -0.4 is 4.57 Å². The predicted molar refractivity (Wildman–Crippen MR) is 89.5 cm³/mol. The molecule has 0 atom stereocenters. The zero-order chi connectivity index (χ0) is 16.0. The monoisotopic (exact) mass is 294 g/mol. The second kappa shape index (κ2) is 5.20. The molecule has 0 aliphatic rings. The highest BCUT2D eigenvalue weighted by Crippen LogP contribution is 2.33.